The second kappa shape index (κ2) is 3.85. The second-order valence-corrected chi connectivity index (χ2v) is 3.76. The summed E-state index contributed by atoms with van der Waals surface area (Å²) in [5.74, 6) is 0.226. The van der Waals surface area contributed by atoms with E-state index in [9.17, 15) is 4.79 Å². The van der Waals surface area contributed by atoms with Gasteiger partial charge in [0.2, 0.25) is 0 Å². The van der Waals surface area contributed by atoms with Crippen molar-refractivity contribution in [3.8, 4) is 0 Å². The molecule has 0 radical (unpaired) electrons. The number of Topliss-reactive ketones (excluding diaryl/α,β-unsaturated/α-hetero) is 1. The van der Waals surface area contributed by atoms with Crippen LogP contribution >= 0.6 is 0 Å². The molecule has 1 heteroatoms. The predicted molar refractivity (Wildman–Crippen MR) is 63.3 cm³/mol. The molecule has 0 N–H and O–H groups in total. The largest absolute Gasteiger partial charge is 0.294 e. The zero-order valence-corrected chi connectivity index (χ0v) is 9.08. The van der Waals surface area contributed by atoms with E-state index >= 15 is 0 Å². The number of ketones is 1. The lowest BCUT2D eigenvalue weighted by atomic mass is 9.96. The van der Waals surface area contributed by atoms with Gasteiger partial charge in [-0.2, -0.15) is 0 Å². The molecular weight excluding hydrogens is 184 g/mol. The van der Waals surface area contributed by atoms with Crippen molar-refractivity contribution in [2.45, 2.75) is 20.3 Å². The lowest BCUT2D eigenvalue weighted by Crippen LogP contribution is -2.00. The van der Waals surface area contributed by atoms with Crippen LogP contribution in [0.1, 0.15) is 29.3 Å². The van der Waals surface area contributed by atoms with Crippen LogP contribution in [0.25, 0.3) is 10.8 Å². The standard InChI is InChI=1S/C14H14O/c1-3-13(15)14-10(2)8-9-11-6-4-5-7-12(11)14/h4-9H,3H2,1-2H3. The maximum Gasteiger partial charge on any atom is 0.163 e. The first-order valence-corrected chi connectivity index (χ1v) is 5.25. The molecule has 0 unspecified atom stereocenters. The van der Waals surface area contributed by atoms with Gasteiger partial charge < -0.3 is 0 Å². The number of benzene rings is 2. The average Bonchev–Trinajstić information content (AvgIpc) is 2.28. The Morgan fingerprint density at radius 3 is 2.60 bits per heavy atom. The van der Waals surface area contributed by atoms with Gasteiger partial charge in [-0.15, -0.1) is 0 Å². The van der Waals surface area contributed by atoms with Gasteiger partial charge >= 0.3 is 0 Å². The highest BCUT2D eigenvalue weighted by Gasteiger charge is 2.10. The lowest BCUT2D eigenvalue weighted by Gasteiger charge is -2.07. The SMILES string of the molecule is CCC(=O)c1c(C)ccc2ccccc12. The minimum Gasteiger partial charge on any atom is -0.294 e. The third-order valence-electron chi connectivity index (χ3n) is 2.74. The van der Waals surface area contributed by atoms with Crippen LogP contribution in [-0.2, 0) is 0 Å². The van der Waals surface area contributed by atoms with Crippen molar-refractivity contribution in [2.24, 2.45) is 0 Å². The van der Waals surface area contributed by atoms with Crippen LogP contribution in [0, 0.1) is 6.92 Å². The van der Waals surface area contributed by atoms with Gasteiger partial charge in [-0.05, 0) is 23.3 Å². The Kier molecular flexibility index (Phi) is 2.55. The number of carbonyl (C=O) groups excluding carboxylic acids is 1. The molecule has 0 atom stereocenters. The van der Waals surface area contributed by atoms with Crippen molar-refractivity contribution in [3.63, 3.8) is 0 Å². The van der Waals surface area contributed by atoms with Crippen molar-refractivity contribution in [3.05, 3.63) is 47.5 Å². The second-order valence-electron chi connectivity index (χ2n) is 3.76. The molecule has 0 aromatic heterocycles. The maximum absolute atomic E-state index is 11.8. The van der Waals surface area contributed by atoms with Crippen LogP contribution in [0.4, 0.5) is 0 Å². The molecule has 0 aliphatic heterocycles. The summed E-state index contributed by atoms with van der Waals surface area (Å²) in [6.07, 6.45) is 0.564. The van der Waals surface area contributed by atoms with E-state index in [0.717, 1.165) is 21.9 Å². The van der Waals surface area contributed by atoms with Crippen molar-refractivity contribution >= 4 is 16.6 Å². The molecule has 0 aliphatic carbocycles. The van der Waals surface area contributed by atoms with E-state index in [1.165, 1.54) is 0 Å². The minimum atomic E-state index is 0.226. The van der Waals surface area contributed by atoms with E-state index < -0.39 is 0 Å². The summed E-state index contributed by atoms with van der Waals surface area (Å²) >= 11 is 0. The molecule has 0 heterocycles. The van der Waals surface area contributed by atoms with Crippen molar-refractivity contribution in [1.82, 2.24) is 0 Å². The summed E-state index contributed by atoms with van der Waals surface area (Å²) in [6, 6.07) is 12.1. The maximum atomic E-state index is 11.8. The molecule has 0 spiro atoms. The van der Waals surface area contributed by atoms with Crippen molar-refractivity contribution < 1.29 is 4.79 Å². The number of rotatable bonds is 2. The minimum absolute atomic E-state index is 0.226. The van der Waals surface area contributed by atoms with Crippen LogP contribution < -0.4 is 0 Å². The zero-order valence-electron chi connectivity index (χ0n) is 9.08. The van der Waals surface area contributed by atoms with Gasteiger partial charge in [-0.25, -0.2) is 0 Å². The Balaban J connectivity index is 2.79. The fourth-order valence-electron chi connectivity index (χ4n) is 1.93. The van der Waals surface area contributed by atoms with Crippen LogP contribution in [0.3, 0.4) is 0 Å². The molecule has 0 aliphatic rings. The van der Waals surface area contributed by atoms with Crippen molar-refractivity contribution in [1.29, 1.82) is 0 Å². The summed E-state index contributed by atoms with van der Waals surface area (Å²) in [5.41, 5.74) is 1.95. The normalized spacial score (nSPS) is 10.5. The van der Waals surface area contributed by atoms with Gasteiger partial charge in [-0.3, -0.25) is 4.79 Å². The monoisotopic (exact) mass is 198 g/mol. The summed E-state index contributed by atoms with van der Waals surface area (Å²) in [5, 5.41) is 2.21. The number of carbonyl (C=O) groups is 1. The Bertz CT molecular complexity index is 512. The van der Waals surface area contributed by atoms with E-state index in [0.29, 0.717) is 6.42 Å². The highest BCUT2D eigenvalue weighted by Crippen LogP contribution is 2.23. The topological polar surface area (TPSA) is 17.1 Å². The highest BCUT2D eigenvalue weighted by molar-refractivity contribution is 6.09. The molecule has 0 bridgehead atoms. The molecule has 1 nitrogen and oxygen atoms in total. The average molecular weight is 198 g/mol. The van der Waals surface area contributed by atoms with Gasteiger partial charge in [0.15, 0.2) is 5.78 Å². The summed E-state index contributed by atoms with van der Waals surface area (Å²) in [6.45, 7) is 3.90. The van der Waals surface area contributed by atoms with Gasteiger partial charge in [0.05, 0.1) is 0 Å². The van der Waals surface area contributed by atoms with E-state index in [2.05, 4.69) is 6.07 Å². The Morgan fingerprint density at radius 2 is 1.87 bits per heavy atom. The van der Waals surface area contributed by atoms with Gasteiger partial charge in [-0.1, -0.05) is 43.3 Å². The Hall–Kier alpha value is -1.63. The molecule has 15 heavy (non-hydrogen) atoms. The molecule has 0 saturated carbocycles. The first-order valence-electron chi connectivity index (χ1n) is 5.25. The highest BCUT2D eigenvalue weighted by atomic mass is 16.1. The van der Waals surface area contributed by atoms with E-state index in [1.54, 1.807) is 0 Å². The Morgan fingerprint density at radius 1 is 1.13 bits per heavy atom. The molecule has 2 aromatic carbocycles. The van der Waals surface area contributed by atoms with E-state index in [1.807, 2.05) is 44.2 Å². The fourth-order valence-corrected chi connectivity index (χ4v) is 1.93. The molecule has 76 valence electrons. The predicted octanol–water partition coefficient (Wildman–Crippen LogP) is 3.74. The zero-order chi connectivity index (χ0) is 10.8. The van der Waals surface area contributed by atoms with Crippen LogP contribution in [0.15, 0.2) is 36.4 Å². The molecule has 2 aromatic rings. The van der Waals surface area contributed by atoms with E-state index in [-0.39, 0.29) is 5.78 Å². The third-order valence-corrected chi connectivity index (χ3v) is 2.74. The number of hydrogen-bond acceptors (Lipinski definition) is 1. The van der Waals surface area contributed by atoms with Gasteiger partial charge in [0, 0.05) is 12.0 Å². The van der Waals surface area contributed by atoms with E-state index in [4.69, 9.17) is 0 Å². The van der Waals surface area contributed by atoms with Crippen LogP contribution in [-0.4, -0.2) is 5.78 Å². The Labute approximate surface area is 89.7 Å². The number of aryl methyl sites for hydroxylation is 1. The molecular formula is C14H14O. The first kappa shape index (κ1) is 9.91. The smallest absolute Gasteiger partial charge is 0.163 e. The molecule has 0 saturated heterocycles. The molecule has 0 fully saturated rings. The van der Waals surface area contributed by atoms with Crippen molar-refractivity contribution in [2.75, 3.05) is 0 Å². The fraction of sp³-hybridized carbons (Fsp3) is 0.214. The lowest BCUT2D eigenvalue weighted by molar-refractivity contribution is 0.0989. The van der Waals surface area contributed by atoms with Gasteiger partial charge in [0.25, 0.3) is 0 Å². The molecule has 0 amide bonds. The number of hydrogen-bond donors (Lipinski definition) is 0. The quantitative estimate of drug-likeness (QED) is 0.672. The first-order chi connectivity index (χ1) is 7.24. The van der Waals surface area contributed by atoms with Crippen LogP contribution in [0.2, 0.25) is 0 Å². The molecule has 2 rings (SSSR count). The third kappa shape index (κ3) is 1.65. The summed E-state index contributed by atoms with van der Waals surface area (Å²) < 4.78 is 0. The summed E-state index contributed by atoms with van der Waals surface area (Å²) in [4.78, 5) is 11.8. The van der Waals surface area contributed by atoms with Crippen LogP contribution in [0.5, 0.6) is 0 Å². The number of fused-ring (bicyclic) bond motifs is 1. The summed E-state index contributed by atoms with van der Waals surface area (Å²) in [7, 11) is 0. The van der Waals surface area contributed by atoms with Gasteiger partial charge in [0.1, 0.15) is 0 Å².